The third-order valence-corrected chi connectivity index (χ3v) is 2.62. The molecule has 0 saturated heterocycles. The Balaban J connectivity index is 2.97. The fourth-order valence-corrected chi connectivity index (χ4v) is 1.67. The summed E-state index contributed by atoms with van der Waals surface area (Å²) in [6.07, 6.45) is -0.168. The molecule has 1 aromatic rings. The van der Waals surface area contributed by atoms with Crippen LogP contribution in [0.15, 0.2) is 18.2 Å². The van der Waals surface area contributed by atoms with Gasteiger partial charge in [-0.3, -0.25) is 4.79 Å². The van der Waals surface area contributed by atoms with Gasteiger partial charge in [0.2, 0.25) is 0 Å². The van der Waals surface area contributed by atoms with E-state index in [2.05, 4.69) is 0 Å². The Morgan fingerprint density at radius 1 is 1.47 bits per heavy atom. The second kappa shape index (κ2) is 5.65. The number of carboxylic acids is 1. The molecule has 0 aliphatic heterocycles. The van der Waals surface area contributed by atoms with Crippen molar-refractivity contribution < 1.29 is 14.6 Å². The third kappa shape index (κ3) is 3.44. The lowest BCUT2D eigenvalue weighted by atomic mass is 9.96. The van der Waals surface area contributed by atoms with Crippen molar-refractivity contribution in [3.05, 3.63) is 29.3 Å². The standard InChI is InChI=1S/C12H18N2O3/c1-7-3-4-10(17-2)8(5-7)12(14)9(13)6-11(15)16/h3-5,9,12H,6,13-14H2,1-2H3,(H,15,16). The molecular formula is C12H18N2O3. The second-order valence-corrected chi connectivity index (χ2v) is 4.03. The van der Waals surface area contributed by atoms with Crippen LogP contribution in [0.2, 0.25) is 0 Å². The minimum atomic E-state index is -0.959. The molecule has 0 amide bonds. The van der Waals surface area contributed by atoms with Crippen molar-refractivity contribution in [1.29, 1.82) is 0 Å². The zero-order valence-electron chi connectivity index (χ0n) is 10.0. The lowest BCUT2D eigenvalue weighted by Gasteiger charge is -2.21. The predicted octanol–water partition coefficient (Wildman–Crippen LogP) is 0.805. The third-order valence-electron chi connectivity index (χ3n) is 2.62. The molecule has 0 bridgehead atoms. The van der Waals surface area contributed by atoms with Gasteiger partial charge in [0, 0.05) is 17.6 Å². The zero-order valence-corrected chi connectivity index (χ0v) is 10.0. The van der Waals surface area contributed by atoms with Crippen LogP contribution in [0.5, 0.6) is 5.75 Å². The predicted molar refractivity (Wildman–Crippen MR) is 64.9 cm³/mol. The van der Waals surface area contributed by atoms with Crippen LogP contribution in [0.4, 0.5) is 0 Å². The number of aryl methyl sites for hydroxylation is 1. The van der Waals surface area contributed by atoms with Gasteiger partial charge in [-0.15, -0.1) is 0 Å². The van der Waals surface area contributed by atoms with Crippen molar-refractivity contribution in [1.82, 2.24) is 0 Å². The van der Waals surface area contributed by atoms with Crippen LogP contribution in [-0.4, -0.2) is 24.2 Å². The van der Waals surface area contributed by atoms with Gasteiger partial charge in [0.1, 0.15) is 5.75 Å². The smallest absolute Gasteiger partial charge is 0.304 e. The quantitative estimate of drug-likeness (QED) is 0.705. The second-order valence-electron chi connectivity index (χ2n) is 4.03. The van der Waals surface area contributed by atoms with Gasteiger partial charge >= 0.3 is 5.97 Å². The highest BCUT2D eigenvalue weighted by molar-refractivity contribution is 5.67. The Kier molecular flexibility index (Phi) is 4.48. The van der Waals surface area contributed by atoms with Gasteiger partial charge in [-0.1, -0.05) is 17.7 Å². The fourth-order valence-electron chi connectivity index (χ4n) is 1.67. The van der Waals surface area contributed by atoms with Gasteiger partial charge in [0.25, 0.3) is 0 Å². The number of hydrogen-bond donors (Lipinski definition) is 3. The maximum absolute atomic E-state index is 10.6. The average molecular weight is 238 g/mol. The molecule has 0 aliphatic rings. The van der Waals surface area contributed by atoms with Crippen LogP contribution in [0.3, 0.4) is 0 Å². The first-order chi connectivity index (χ1) is 7.95. The fraction of sp³-hybridized carbons (Fsp3) is 0.417. The van der Waals surface area contributed by atoms with E-state index in [0.717, 1.165) is 11.1 Å². The van der Waals surface area contributed by atoms with Gasteiger partial charge in [-0.05, 0) is 13.0 Å². The molecule has 1 aromatic carbocycles. The molecule has 5 nitrogen and oxygen atoms in total. The molecule has 1 rings (SSSR count). The van der Waals surface area contributed by atoms with E-state index in [-0.39, 0.29) is 6.42 Å². The van der Waals surface area contributed by atoms with E-state index in [0.29, 0.717) is 5.75 Å². The topological polar surface area (TPSA) is 98.6 Å². The summed E-state index contributed by atoms with van der Waals surface area (Å²) < 4.78 is 5.19. The number of carboxylic acid groups (broad SMARTS) is 1. The van der Waals surface area contributed by atoms with Gasteiger partial charge in [-0.25, -0.2) is 0 Å². The van der Waals surface area contributed by atoms with Crippen molar-refractivity contribution >= 4 is 5.97 Å². The van der Waals surface area contributed by atoms with E-state index in [9.17, 15) is 4.79 Å². The molecule has 0 aromatic heterocycles. The molecule has 0 spiro atoms. The average Bonchev–Trinajstić information content (AvgIpc) is 2.27. The van der Waals surface area contributed by atoms with E-state index in [1.807, 2.05) is 19.1 Å². The molecule has 5 N–H and O–H groups in total. The summed E-state index contributed by atoms with van der Waals surface area (Å²) in [4.78, 5) is 10.6. The minimum absolute atomic E-state index is 0.168. The molecule has 2 atom stereocenters. The normalized spacial score (nSPS) is 14.1. The van der Waals surface area contributed by atoms with Crippen molar-refractivity contribution in [3.8, 4) is 5.75 Å². The number of ether oxygens (including phenoxy) is 1. The summed E-state index contributed by atoms with van der Waals surface area (Å²) in [6, 6.07) is 4.38. The Morgan fingerprint density at radius 3 is 2.65 bits per heavy atom. The van der Waals surface area contributed by atoms with Crippen molar-refractivity contribution in [3.63, 3.8) is 0 Å². The lowest BCUT2D eigenvalue weighted by molar-refractivity contribution is -0.137. The monoisotopic (exact) mass is 238 g/mol. The minimum Gasteiger partial charge on any atom is -0.496 e. The number of benzene rings is 1. The molecule has 0 heterocycles. The highest BCUT2D eigenvalue weighted by Crippen LogP contribution is 2.27. The van der Waals surface area contributed by atoms with Crippen LogP contribution in [0.25, 0.3) is 0 Å². The number of methoxy groups -OCH3 is 1. The van der Waals surface area contributed by atoms with Crippen LogP contribution in [0.1, 0.15) is 23.6 Å². The molecular weight excluding hydrogens is 220 g/mol. The molecule has 0 radical (unpaired) electrons. The Bertz CT molecular complexity index is 407. The lowest BCUT2D eigenvalue weighted by Crippen LogP contribution is -2.36. The number of carbonyl (C=O) groups is 1. The highest BCUT2D eigenvalue weighted by atomic mass is 16.5. The van der Waals surface area contributed by atoms with Crippen molar-refractivity contribution in [2.45, 2.75) is 25.4 Å². The molecule has 17 heavy (non-hydrogen) atoms. The van der Waals surface area contributed by atoms with E-state index in [1.54, 1.807) is 13.2 Å². The summed E-state index contributed by atoms with van der Waals surface area (Å²) in [5.41, 5.74) is 13.5. The molecule has 0 fully saturated rings. The Hall–Kier alpha value is -1.59. The highest BCUT2D eigenvalue weighted by Gasteiger charge is 2.21. The maximum atomic E-state index is 10.6. The van der Waals surface area contributed by atoms with Crippen LogP contribution >= 0.6 is 0 Å². The molecule has 5 heteroatoms. The summed E-state index contributed by atoms with van der Waals surface area (Å²) in [5.74, 6) is -0.330. The first-order valence-electron chi connectivity index (χ1n) is 5.33. The van der Waals surface area contributed by atoms with E-state index in [4.69, 9.17) is 21.3 Å². The van der Waals surface area contributed by atoms with Crippen LogP contribution < -0.4 is 16.2 Å². The molecule has 0 aliphatic carbocycles. The van der Waals surface area contributed by atoms with Crippen molar-refractivity contribution in [2.24, 2.45) is 11.5 Å². The summed E-state index contributed by atoms with van der Waals surface area (Å²) in [6.45, 7) is 1.93. The van der Waals surface area contributed by atoms with Crippen LogP contribution in [-0.2, 0) is 4.79 Å². The number of hydrogen-bond acceptors (Lipinski definition) is 4. The Morgan fingerprint density at radius 2 is 2.12 bits per heavy atom. The Labute approximate surface area is 100 Å². The first-order valence-corrected chi connectivity index (χ1v) is 5.33. The summed E-state index contributed by atoms with van der Waals surface area (Å²) >= 11 is 0. The number of rotatable bonds is 5. The maximum Gasteiger partial charge on any atom is 0.304 e. The molecule has 94 valence electrons. The largest absolute Gasteiger partial charge is 0.496 e. The van der Waals surface area contributed by atoms with E-state index >= 15 is 0 Å². The van der Waals surface area contributed by atoms with Gasteiger partial charge in [0.05, 0.1) is 13.5 Å². The van der Waals surface area contributed by atoms with Crippen LogP contribution in [0, 0.1) is 6.92 Å². The SMILES string of the molecule is COc1ccc(C)cc1C(N)C(N)CC(=O)O. The first kappa shape index (κ1) is 13.5. The molecule has 2 unspecified atom stereocenters. The number of nitrogens with two attached hydrogens (primary N) is 2. The zero-order chi connectivity index (χ0) is 13.0. The summed E-state index contributed by atoms with van der Waals surface area (Å²) in [5, 5.41) is 8.69. The van der Waals surface area contributed by atoms with Gasteiger partial charge in [-0.2, -0.15) is 0 Å². The van der Waals surface area contributed by atoms with Gasteiger partial charge < -0.3 is 21.3 Å². The van der Waals surface area contributed by atoms with Crippen molar-refractivity contribution in [2.75, 3.05) is 7.11 Å². The number of aliphatic carboxylic acids is 1. The van der Waals surface area contributed by atoms with Gasteiger partial charge in [0.15, 0.2) is 0 Å². The van der Waals surface area contributed by atoms with E-state index in [1.165, 1.54) is 0 Å². The molecule has 0 saturated carbocycles. The summed E-state index contributed by atoms with van der Waals surface area (Å²) in [7, 11) is 1.55. The van der Waals surface area contributed by atoms with E-state index < -0.39 is 18.1 Å².